The van der Waals surface area contributed by atoms with Crippen LogP contribution in [-0.2, 0) is 9.59 Å². The third-order valence-corrected chi connectivity index (χ3v) is 14.5. The number of fused-ring (bicyclic) bond motifs is 5. The minimum absolute atomic E-state index is 0.0336. The highest BCUT2D eigenvalue weighted by molar-refractivity contribution is 5.88. The predicted molar refractivity (Wildman–Crippen MR) is 196 cm³/mol. The number of carboxylic acids is 2. The van der Waals surface area contributed by atoms with Gasteiger partial charge in [0, 0.05) is 13.1 Å². The number of aliphatic carboxylic acids is 1. The number of hydrogen-bond donors (Lipinski definition) is 3. The van der Waals surface area contributed by atoms with Crippen molar-refractivity contribution in [2.75, 3.05) is 26.7 Å². The summed E-state index contributed by atoms with van der Waals surface area (Å²) in [6.07, 6.45) is 13.0. The molecule has 270 valence electrons. The number of amides is 1. The summed E-state index contributed by atoms with van der Waals surface area (Å²) in [5.74, 6) is 0.589. The Morgan fingerprint density at radius 2 is 1.57 bits per heavy atom. The molecular weight excluding hydrogens is 612 g/mol. The van der Waals surface area contributed by atoms with Gasteiger partial charge in [0.2, 0.25) is 5.91 Å². The van der Waals surface area contributed by atoms with Gasteiger partial charge >= 0.3 is 11.9 Å². The highest BCUT2D eigenvalue weighted by Gasteiger charge is 2.68. The van der Waals surface area contributed by atoms with E-state index in [9.17, 15) is 19.5 Å². The molecular formula is C42H62N2O5. The number of benzene rings is 1. The first-order chi connectivity index (χ1) is 23.0. The molecule has 7 heteroatoms. The van der Waals surface area contributed by atoms with E-state index in [4.69, 9.17) is 5.11 Å². The van der Waals surface area contributed by atoms with Gasteiger partial charge in [0.05, 0.1) is 17.5 Å². The number of allylic oxidation sites excluding steroid dienone is 3. The average Bonchev–Trinajstić information content (AvgIpc) is 3.42. The zero-order valence-corrected chi connectivity index (χ0v) is 31.2. The molecule has 8 atom stereocenters. The van der Waals surface area contributed by atoms with Crippen molar-refractivity contribution in [2.45, 2.75) is 106 Å². The summed E-state index contributed by atoms with van der Waals surface area (Å²) in [6.45, 7) is 20.0. The number of rotatable bonds is 9. The number of hydrogen-bond acceptors (Lipinski definition) is 4. The lowest BCUT2D eigenvalue weighted by atomic mass is 9.38. The number of carbonyl (C=O) groups is 3. The molecule has 4 aliphatic rings. The van der Waals surface area contributed by atoms with Crippen molar-refractivity contribution in [1.29, 1.82) is 0 Å². The molecule has 5 rings (SSSR count). The molecule has 0 spiro atoms. The second kappa shape index (κ2) is 14.0. The van der Waals surface area contributed by atoms with E-state index >= 15 is 0 Å². The zero-order chi connectivity index (χ0) is 35.9. The Morgan fingerprint density at radius 3 is 2.20 bits per heavy atom. The Labute approximate surface area is 295 Å². The molecule has 4 aliphatic carbocycles. The van der Waals surface area contributed by atoms with Crippen molar-refractivity contribution in [3.05, 3.63) is 53.6 Å². The summed E-state index contributed by atoms with van der Waals surface area (Å²) >= 11 is 0. The number of nitrogens with zero attached hydrogens (tertiary/aromatic N) is 1. The van der Waals surface area contributed by atoms with Crippen LogP contribution in [0.15, 0.2) is 42.5 Å². The Bertz CT molecular complexity index is 1460. The Balaban J connectivity index is 1.43. The maximum Gasteiger partial charge on any atom is 0.335 e. The van der Waals surface area contributed by atoms with Crippen LogP contribution in [0.1, 0.15) is 122 Å². The van der Waals surface area contributed by atoms with Crippen molar-refractivity contribution >= 4 is 23.4 Å². The lowest BCUT2D eigenvalue weighted by molar-refractivity contribution is -0.183. The van der Waals surface area contributed by atoms with Crippen LogP contribution in [0.2, 0.25) is 0 Å². The largest absolute Gasteiger partial charge is 0.480 e. The van der Waals surface area contributed by atoms with Crippen LogP contribution in [0.3, 0.4) is 0 Å². The Morgan fingerprint density at radius 1 is 0.918 bits per heavy atom. The van der Waals surface area contributed by atoms with Gasteiger partial charge in [-0.2, -0.15) is 0 Å². The fourth-order valence-corrected chi connectivity index (χ4v) is 11.7. The van der Waals surface area contributed by atoms with Gasteiger partial charge in [-0.15, -0.1) is 0 Å². The van der Waals surface area contributed by atoms with Crippen LogP contribution in [0.5, 0.6) is 0 Å². The SMILES string of the molecule is C=C(C)C1CCC2(C(=O)NCCN(C)CC(=O)O)CCC3(C)C(CCC4C(C)CC=C(c5ccc(C(=O)O)cc5)C(C)(C)CCCC43C)C12. The molecule has 8 unspecified atom stereocenters. The Kier molecular flexibility index (Phi) is 10.7. The lowest BCUT2D eigenvalue weighted by Crippen LogP contribution is -2.62. The number of carbonyl (C=O) groups excluding carboxylic acids is 1. The van der Waals surface area contributed by atoms with E-state index in [0.717, 1.165) is 56.9 Å². The highest BCUT2D eigenvalue weighted by Crippen LogP contribution is 2.73. The maximum absolute atomic E-state index is 14.3. The maximum atomic E-state index is 14.3. The van der Waals surface area contributed by atoms with Gasteiger partial charge in [-0.3, -0.25) is 14.5 Å². The van der Waals surface area contributed by atoms with E-state index in [1.165, 1.54) is 24.0 Å². The smallest absolute Gasteiger partial charge is 0.335 e. The normalized spacial score (nSPS) is 35.7. The summed E-state index contributed by atoms with van der Waals surface area (Å²) in [6, 6.07) is 7.45. The Hall–Kier alpha value is -2.93. The summed E-state index contributed by atoms with van der Waals surface area (Å²) in [5.41, 5.74) is 3.82. The molecule has 1 amide bonds. The van der Waals surface area contributed by atoms with Crippen molar-refractivity contribution in [1.82, 2.24) is 10.2 Å². The van der Waals surface area contributed by atoms with Gasteiger partial charge in [0.25, 0.3) is 0 Å². The number of aromatic carboxylic acids is 1. The molecule has 7 nitrogen and oxygen atoms in total. The first-order valence-electron chi connectivity index (χ1n) is 18.9. The van der Waals surface area contributed by atoms with Crippen LogP contribution in [0, 0.1) is 51.2 Å². The third kappa shape index (κ3) is 6.78. The van der Waals surface area contributed by atoms with E-state index in [1.807, 2.05) is 12.1 Å². The molecule has 0 aromatic heterocycles. The molecule has 1 aromatic carbocycles. The molecule has 3 fully saturated rings. The van der Waals surface area contributed by atoms with Gasteiger partial charge in [-0.1, -0.05) is 71.4 Å². The molecule has 0 bridgehead atoms. The molecule has 49 heavy (non-hydrogen) atoms. The van der Waals surface area contributed by atoms with Crippen LogP contribution in [0.4, 0.5) is 0 Å². The zero-order valence-electron chi connectivity index (χ0n) is 31.2. The van der Waals surface area contributed by atoms with Gasteiger partial charge < -0.3 is 15.5 Å². The molecule has 1 aromatic rings. The monoisotopic (exact) mass is 674 g/mol. The van der Waals surface area contributed by atoms with Gasteiger partial charge in [0.15, 0.2) is 0 Å². The second-order valence-corrected chi connectivity index (χ2v) is 17.6. The van der Waals surface area contributed by atoms with Crippen LogP contribution < -0.4 is 5.32 Å². The molecule has 0 saturated heterocycles. The summed E-state index contributed by atoms with van der Waals surface area (Å²) in [7, 11) is 1.79. The summed E-state index contributed by atoms with van der Waals surface area (Å²) in [4.78, 5) is 38.8. The fourth-order valence-electron chi connectivity index (χ4n) is 11.7. The first-order valence-corrected chi connectivity index (χ1v) is 18.9. The van der Waals surface area contributed by atoms with Crippen LogP contribution in [0.25, 0.3) is 5.57 Å². The van der Waals surface area contributed by atoms with Gasteiger partial charge in [0.1, 0.15) is 0 Å². The number of carboxylic acid groups (broad SMARTS) is 2. The molecule has 0 heterocycles. The third-order valence-electron chi connectivity index (χ3n) is 14.5. The fraction of sp³-hybridized carbons (Fsp3) is 0.690. The van der Waals surface area contributed by atoms with Gasteiger partial charge in [-0.25, -0.2) is 4.79 Å². The topological polar surface area (TPSA) is 107 Å². The standard InChI is InChI=1S/C42H62N2O5/c1-27(2)31-18-21-42(38(49)43-24-25-44(8)26-35(45)46)23-22-41(7)34(36(31)42)17-16-32-28(3)10-15-33(29-11-13-30(14-12-29)37(47)48)39(4,5)19-9-20-40(32,41)6/h11-15,28,31-32,34,36H,1,9-10,16-26H2,2-8H3,(H,43,49)(H,45,46)(H,47,48). The average molecular weight is 675 g/mol. The van der Waals surface area contributed by atoms with E-state index in [2.05, 4.69) is 59.5 Å². The first kappa shape index (κ1) is 37.3. The van der Waals surface area contributed by atoms with Crippen LogP contribution >= 0.6 is 0 Å². The minimum atomic E-state index is -0.892. The van der Waals surface area contributed by atoms with Gasteiger partial charge in [-0.05, 0) is 141 Å². The molecule has 3 saturated carbocycles. The number of nitrogens with one attached hydrogen (secondary N) is 1. The minimum Gasteiger partial charge on any atom is -0.480 e. The summed E-state index contributed by atoms with van der Waals surface area (Å²) in [5, 5.41) is 21.9. The molecule has 0 radical (unpaired) electrons. The van der Waals surface area contributed by atoms with Crippen molar-refractivity contribution in [3.8, 4) is 0 Å². The summed E-state index contributed by atoms with van der Waals surface area (Å²) < 4.78 is 0. The molecule has 0 aliphatic heterocycles. The van der Waals surface area contributed by atoms with Crippen LogP contribution in [-0.4, -0.2) is 59.6 Å². The predicted octanol–water partition coefficient (Wildman–Crippen LogP) is 8.56. The van der Waals surface area contributed by atoms with E-state index < -0.39 is 11.9 Å². The van der Waals surface area contributed by atoms with Crippen molar-refractivity contribution in [2.24, 2.45) is 51.2 Å². The van der Waals surface area contributed by atoms with Crippen molar-refractivity contribution in [3.63, 3.8) is 0 Å². The lowest BCUT2D eigenvalue weighted by Gasteiger charge is -2.66. The quantitative estimate of drug-likeness (QED) is 0.227. The van der Waals surface area contributed by atoms with E-state index in [-0.39, 0.29) is 40.0 Å². The number of likely N-dealkylation sites (N-methyl/N-ethyl adjacent to an activating group) is 1. The second-order valence-electron chi connectivity index (χ2n) is 17.6. The van der Waals surface area contributed by atoms with E-state index in [1.54, 1.807) is 24.1 Å². The van der Waals surface area contributed by atoms with E-state index in [0.29, 0.717) is 42.3 Å². The highest BCUT2D eigenvalue weighted by atomic mass is 16.4. The molecule has 3 N–H and O–H groups in total. The van der Waals surface area contributed by atoms with Crippen molar-refractivity contribution < 1.29 is 24.6 Å².